The number of carbonyl (C=O) groups excluding carboxylic acids is 1. The molecule has 0 aliphatic heterocycles. The number of ether oxygens (including phenoxy) is 1. The van der Waals surface area contributed by atoms with Crippen LogP contribution < -0.4 is 0 Å². The molecule has 3 nitrogen and oxygen atoms in total. The van der Waals surface area contributed by atoms with Crippen LogP contribution in [-0.4, -0.2) is 23.3 Å². The molecule has 0 aromatic carbocycles. The van der Waals surface area contributed by atoms with Crippen LogP contribution in [0, 0.1) is 40.4 Å². The molecule has 0 unspecified atom stereocenters. The maximum atomic E-state index is 11.7. The Labute approximate surface area is 159 Å². The molecule has 9 atom stereocenters. The second kappa shape index (κ2) is 6.50. The van der Waals surface area contributed by atoms with Gasteiger partial charge in [0.15, 0.2) is 0 Å². The molecule has 0 aromatic heterocycles. The second-order valence-corrected chi connectivity index (χ2v) is 10.6. The van der Waals surface area contributed by atoms with Gasteiger partial charge in [0.1, 0.15) is 6.10 Å². The maximum Gasteiger partial charge on any atom is 0.302 e. The first-order chi connectivity index (χ1) is 12.3. The molecule has 0 radical (unpaired) electrons. The first-order valence-corrected chi connectivity index (χ1v) is 11.1. The molecule has 0 spiro atoms. The van der Waals surface area contributed by atoms with Crippen molar-refractivity contribution < 1.29 is 14.6 Å². The van der Waals surface area contributed by atoms with Gasteiger partial charge in [-0.2, -0.15) is 0 Å². The van der Waals surface area contributed by atoms with E-state index in [1.807, 2.05) is 6.92 Å². The van der Waals surface area contributed by atoms with Crippen molar-refractivity contribution >= 4 is 5.97 Å². The molecule has 4 fully saturated rings. The summed E-state index contributed by atoms with van der Waals surface area (Å²) in [4.78, 5) is 11.7. The fraction of sp³-hybridized carbons (Fsp3) is 0.957. The van der Waals surface area contributed by atoms with Crippen LogP contribution in [0.5, 0.6) is 0 Å². The standard InChI is InChI=1S/C23H38O3/c1-14(24)21-20(26-15(2)25)13-19-17-9-8-16-7-5-6-11-22(16,3)18(17)10-12-23(19,21)4/h14,16-21,24H,5-13H2,1-4H3/t14-,16-,17-,18+,19+,20-,21+,22+,23+/m1/s1. The topological polar surface area (TPSA) is 46.5 Å². The summed E-state index contributed by atoms with van der Waals surface area (Å²) in [6.07, 6.45) is 11.4. The molecule has 0 heterocycles. The van der Waals surface area contributed by atoms with Crippen LogP contribution in [0.4, 0.5) is 0 Å². The van der Waals surface area contributed by atoms with Gasteiger partial charge in [-0.25, -0.2) is 0 Å². The van der Waals surface area contributed by atoms with Gasteiger partial charge in [-0.1, -0.05) is 26.7 Å². The zero-order valence-electron chi connectivity index (χ0n) is 17.2. The summed E-state index contributed by atoms with van der Waals surface area (Å²) in [6, 6.07) is 0. The number of hydrogen-bond donors (Lipinski definition) is 1. The van der Waals surface area contributed by atoms with E-state index in [1.165, 1.54) is 58.3 Å². The first kappa shape index (κ1) is 18.8. The second-order valence-electron chi connectivity index (χ2n) is 10.6. The summed E-state index contributed by atoms with van der Waals surface area (Å²) < 4.78 is 5.75. The van der Waals surface area contributed by atoms with E-state index in [1.54, 1.807) is 0 Å². The molecule has 0 aromatic rings. The van der Waals surface area contributed by atoms with Crippen molar-refractivity contribution in [1.29, 1.82) is 0 Å². The number of fused-ring (bicyclic) bond motifs is 5. The maximum absolute atomic E-state index is 11.7. The van der Waals surface area contributed by atoms with Crippen LogP contribution in [0.15, 0.2) is 0 Å². The van der Waals surface area contributed by atoms with Crippen LogP contribution in [0.3, 0.4) is 0 Å². The highest BCUT2D eigenvalue weighted by atomic mass is 16.5. The summed E-state index contributed by atoms with van der Waals surface area (Å²) in [7, 11) is 0. The van der Waals surface area contributed by atoms with Gasteiger partial charge >= 0.3 is 5.97 Å². The molecule has 3 heteroatoms. The molecule has 1 N–H and O–H groups in total. The quantitative estimate of drug-likeness (QED) is 0.706. The molecule has 0 amide bonds. The van der Waals surface area contributed by atoms with Crippen LogP contribution in [-0.2, 0) is 9.53 Å². The zero-order valence-corrected chi connectivity index (χ0v) is 17.2. The lowest BCUT2D eigenvalue weighted by Crippen LogP contribution is -2.53. The molecule has 26 heavy (non-hydrogen) atoms. The molecule has 4 aliphatic rings. The number of aliphatic hydroxyl groups is 1. The third kappa shape index (κ3) is 2.67. The minimum absolute atomic E-state index is 0.0919. The van der Waals surface area contributed by atoms with Gasteiger partial charge in [-0.3, -0.25) is 4.79 Å². The molecule has 4 rings (SSSR count). The van der Waals surface area contributed by atoms with Crippen molar-refractivity contribution in [3.63, 3.8) is 0 Å². The number of aliphatic hydroxyl groups excluding tert-OH is 1. The van der Waals surface area contributed by atoms with Gasteiger partial charge in [0.05, 0.1) is 6.10 Å². The first-order valence-electron chi connectivity index (χ1n) is 11.1. The third-order valence-electron chi connectivity index (χ3n) is 9.51. The van der Waals surface area contributed by atoms with Crippen molar-refractivity contribution in [2.45, 2.75) is 97.7 Å². The molecular formula is C23H38O3. The van der Waals surface area contributed by atoms with Gasteiger partial charge in [0.2, 0.25) is 0 Å². The summed E-state index contributed by atoms with van der Waals surface area (Å²) in [5, 5.41) is 10.6. The van der Waals surface area contributed by atoms with Gasteiger partial charge in [0, 0.05) is 12.8 Å². The molecule has 4 saturated carbocycles. The Morgan fingerprint density at radius 3 is 2.50 bits per heavy atom. The number of hydrogen-bond acceptors (Lipinski definition) is 3. The van der Waals surface area contributed by atoms with Crippen LogP contribution in [0.25, 0.3) is 0 Å². The number of esters is 1. The van der Waals surface area contributed by atoms with Crippen molar-refractivity contribution in [1.82, 2.24) is 0 Å². The Hall–Kier alpha value is -0.570. The Balaban J connectivity index is 1.64. The van der Waals surface area contributed by atoms with Crippen molar-refractivity contribution in [3.05, 3.63) is 0 Å². The van der Waals surface area contributed by atoms with Crippen LogP contribution in [0.2, 0.25) is 0 Å². The van der Waals surface area contributed by atoms with Crippen molar-refractivity contribution in [3.8, 4) is 0 Å². The predicted molar refractivity (Wildman–Crippen MR) is 102 cm³/mol. The minimum atomic E-state index is -0.410. The fourth-order valence-corrected chi connectivity index (χ4v) is 8.52. The monoisotopic (exact) mass is 362 g/mol. The van der Waals surface area contributed by atoms with E-state index in [4.69, 9.17) is 4.74 Å². The Kier molecular flexibility index (Phi) is 4.69. The molecule has 0 bridgehead atoms. The van der Waals surface area contributed by atoms with Gasteiger partial charge in [0.25, 0.3) is 0 Å². The zero-order chi connectivity index (χ0) is 18.7. The number of carbonyl (C=O) groups is 1. The van der Waals surface area contributed by atoms with E-state index in [0.29, 0.717) is 11.3 Å². The van der Waals surface area contributed by atoms with Crippen molar-refractivity contribution in [2.75, 3.05) is 0 Å². The lowest BCUT2D eigenvalue weighted by atomic mass is 9.45. The average Bonchev–Trinajstić information content (AvgIpc) is 2.85. The molecule has 4 aliphatic carbocycles. The van der Waals surface area contributed by atoms with Crippen molar-refractivity contribution in [2.24, 2.45) is 40.4 Å². The van der Waals surface area contributed by atoms with Gasteiger partial charge < -0.3 is 9.84 Å². The Morgan fingerprint density at radius 1 is 1.04 bits per heavy atom. The average molecular weight is 363 g/mol. The third-order valence-corrected chi connectivity index (χ3v) is 9.51. The summed E-state index contributed by atoms with van der Waals surface area (Å²) in [5.41, 5.74) is 0.648. The van der Waals surface area contributed by atoms with Crippen LogP contribution >= 0.6 is 0 Å². The van der Waals surface area contributed by atoms with E-state index >= 15 is 0 Å². The molecular weight excluding hydrogens is 324 g/mol. The predicted octanol–water partition coefficient (Wildman–Crippen LogP) is 4.96. The minimum Gasteiger partial charge on any atom is -0.462 e. The van der Waals surface area contributed by atoms with E-state index in [2.05, 4.69) is 13.8 Å². The highest BCUT2D eigenvalue weighted by Crippen LogP contribution is 2.68. The SMILES string of the molecule is CC(=O)O[C@@H]1C[C@H]2[C@@H]3CC[C@H]4CCCC[C@]4(C)[C@H]3CC[C@]2(C)[C@H]1[C@@H](C)O. The largest absolute Gasteiger partial charge is 0.462 e. The molecule has 148 valence electrons. The smallest absolute Gasteiger partial charge is 0.302 e. The highest BCUT2D eigenvalue weighted by molar-refractivity contribution is 5.66. The molecule has 0 saturated heterocycles. The van der Waals surface area contributed by atoms with E-state index in [-0.39, 0.29) is 23.4 Å². The Morgan fingerprint density at radius 2 is 1.81 bits per heavy atom. The fourth-order valence-electron chi connectivity index (χ4n) is 8.52. The highest BCUT2D eigenvalue weighted by Gasteiger charge is 2.63. The Bertz CT molecular complexity index is 558. The number of rotatable bonds is 2. The van der Waals surface area contributed by atoms with Gasteiger partial charge in [-0.15, -0.1) is 0 Å². The lowest BCUT2D eigenvalue weighted by Gasteiger charge is -2.60. The summed E-state index contributed by atoms with van der Waals surface area (Å²) in [6.45, 7) is 8.41. The summed E-state index contributed by atoms with van der Waals surface area (Å²) in [5.74, 6) is 3.03. The normalized spacial score (nSPS) is 51.7. The van der Waals surface area contributed by atoms with Crippen LogP contribution in [0.1, 0.15) is 85.5 Å². The van der Waals surface area contributed by atoms with Gasteiger partial charge in [-0.05, 0) is 86.4 Å². The van der Waals surface area contributed by atoms with E-state index < -0.39 is 6.10 Å². The lowest BCUT2D eigenvalue weighted by molar-refractivity contribution is -0.152. The van der Waals surface area contributed by atoms with E-state index in [0.717, 1.165) is 24.2 Å². The van der Waals surface area contributed by atoms with E-state index in [9.17, 15) is 9.90 Å². The summed E-state index contributed by atoms with van der Waals surface area (Å²) >= 11 is 0.